The molecule has 1 aliphatic rings. The number of hydrogen-bond donors (Lipinski definition) is 1. The third-order valence-electron chi connectivity index (χ3n) is 4.18. The second-order valence-electron chi connectivity index (χ2n) is 5.76. The molecular weight excluding hydrogens is 258 g/mol. The summed E-state index contributed by atoms with van der Waals surface area (Å²) in [4.78, 5) is 6.62. The van der Waals surface area contributed by atoms with E-state index < -0.39 is 0 Å². The molecule has 2 aromatic rings. The van der Waals surface area contributed by atoms with Gasteiger partial charge in [-0.3, -0.25) is 4.98 Å². The van der Waals surface area contributed by atoms with Crippen molar-refractivity contribution in [3.05, 3.63) is 66.0 Å². The fraction of sp³-hybridized carbons (Fsp3) is 0.389. The molecule has 1 aromatic heterocycles. The lowest BCUT2D eigenvalue weighted by Crippen LogP contribution is -2.32. The number of likely N-dealkylation sites (tertiary alicyclic amines) is 1. The van der Waals surface area contributed by atoms with E-state index in [4.69, 9.17) is 0 Å². The summed E-state index contributed by atoms with van der Waals surface area (Å²) in [6.45, 7) is 4.48. The van der Waals surface area contributed by atoms with Crippen molar-refractivity contribution in [1.82, 2.24) is 15.2 Å². The van der Waals surface area contributed by atoms with Crippen LogP contribution in [0, 0.1) is 0 Å². The van der Waals surface area contributed by atoms with Crippen molar-refractivity contribution in [2.45, 2.75) is 25.4 Å². The van der Waals surface area contributed by atoms with Crippen molar-refractivity contribution in [1.29, 1.82) is 0 Å². The minimum atomic E-state index is 0.619. The van der Waals surface area contributed by atoms with Crippen molar-refractivity contribution in [2.24, 2.45) is 0 Å². The minimum absolute atomic E-state index is 0.619. The normalized spacial score (nSPS) is 19.0. The summed E-state index contributed by atoms with van der Waals surface area (Å²) in [7, 11) is 0. The first kappa shape index (κ1) is 14.2. The van der Waals surface area contributed by atoms with E-state index in [9.17, 15) is 0 Å². The minimum Gasteiger partial charge on any atom is -0.309 e. The molecule has 0 radical (unpaired) electrons. The Kier molecular flexibility index (Phi) is 4.98. The van der Waals surface area contributed by atoms with Crippen molar-refractivity contribution < 1.29 is 0 Å². The van der Waals surface area contributed by atoms with E-state index in [0.29, 0.717) is 6.04 Å². The van der Waals surface area contributed by atoms with Crippen LogP contribution in [0.4, 0.5) is 0 Å². The highest BCUT2D eigenvalue weighted by Gasteiger charge is 2.21. The molecule has 2 heterocycles. The standard InChI is InChI=1S/C18H23N3/c1-2-4-16(5-3-1)8-12-21-13-9-18(15-21)20-14-17-6-10-19-11-7-17/h1-7,10-11,18,20H,8-9,12-15H2. The molecule has 1 saturated heterocycles. The van der Waals surface area contributed by atoms with Crippen molar-refractivity contribution in [2.75, 3.05) is 19.6 Å². The molecule has 0 spiro atoms. The zero-order valence-corrected chi connectivity index (χ0v) is 12.4. The monoisotopic (exact) mass is 281 g/mol. The van der Waals surface area contributed by atoms with Crippen molar-refractivity contribution in [3.63, 3.8) is 0 Å². The Morgan fingerprint density at radius 2 is 1.86 bits per heavy atom. The Balaban J connectivity index is 1.39. The van der Waals surface area contributed by atoms with Gasteiger partial charge in [-0.05, 0) is 42.6 Å². The summed E-state index contributed by atoms with van der Waals surface area (Å²) >= 11 is 0. The number of hydrogen-bond acceptors (Lipinski definition) is 3. The van der Waals surface area contributed by atoms with Crippen LogP contribution in [-0.2, 0) is 13.0 Å². The van der Waals surface area contributed by atoms with E-state index in [2.05, 4.69) is 57.7 Å². The van der Waals surface area contributed by atoms with Crippen molar-refractivity contribution >= 4 is 0 Å². The van der Waals surface area contributed by atoms with Crippen LogP contribution in [0.15, 0.2) is 54.9 Å². The van der Waals surface area contributed by atoms with Crippen LogP contribution in [0.5, 0.6) is 0 Å². The van der Waals surface area contributed by atoms with E-state index in [0.717, 1.165) is 26.1 Å². The van der Waals surface area contributed by atoms with Gasteiger partial charge in [0.1, 0.15) is 0 Å². The summed E-state index contributed by atoms with van der Waals surface area (Å²) in [6.07, 6.45) is 6.12. The van der Waals surface area contributed by atoms with Crippen LogP contribution >= 0.6 is 0 Å². The van der Waals surface area contributed by atoms with Gasteiger partial charge in [0.05, 0.1) is 0 Å². The Bertz CT molecular complexity index is 477. The Morgan fingerprint density at radius 1 is 1.05 bits per heavy atom. The molecular formula is C18H23N3. The van der Waals surface area contributed by atoms with Crippen LogP contribution in [0.1, 0.15) is 17.5 Å². The van der Waals surface area contributed by atoms with Crippen LogP contribution in [-0.4, -0.2) is 35.6 Å². The maximum absolute atomic E-state index is 4.05. The van der Waals surface area contributed by atoms with Gasteiger partial charge in [0.25, 0.3) is 0 Å². The lowest BCUT2D eigenvalue weighted by atomic mass is 10.1. The number of aromatic nitrogens is 1. The summed E-state index contributed by atoms with van der Waals surface area (Å²) < 4.78 is 0. The molecule has 21 heavy (non-hydrogen) atoms. The van der Waals surface area contributed by atoms with Crippen LogP contribution in [0.25, 0.3) is 0 Å². The number of nitrogens with zero attached hydrogens (tertiary/aromatic N) is 2. The average Bonchev–Trinajstić information content (AvgIpc) is 3.01. The summed E-state index contributed by atoms with van der Waals surface area (Å²) in [6, 6.07) is 15.5. The Hall–Kier alpha value is -1.71. The maximum Gasteiger partial charge on any atom is 0.0271 e. The summed E-state index contributed by atoms with van der Waals surface area (Å²) in [5, 5.41) is 3.66. The fourth-order valence-corrected chi connectivity index (χ4v) is 2.90. The number of rotatable bonds is 6. The van der Waals surface area contributed by atoms with E-state index in [1.807, 2.05) is 12.4 Å². The van der Waals surface area contributed by atoms with Crippen LogP contribution in [0.2, 0.25) is 0 Å². The SMILES string of the molecule is c1ccc(CCN2CCC(NCc3ccncc3)C2)cc1. The topological polar surface area (TPSA) is 28.2 Å². The molecule has 0 bridgehead atoms. The molecule has 3 heteroatoms. The Morgan fingerprint density at radius 3 is 2.67 bits per heavy atom. The number of nitrogens with one attached hydrogen (secondary N) is 1. The van der Waals surface area contributed by atoms with E-state index >= 15 is 0 Å². The lowest BCUT2D eigenvalue weighted by molar-refractivity contribution is 0.331. The molecule has 1 aliphatic heterocycles. The molecule has 3 nitrogen and oxygen atoms in total. The highest BCUT2D eigenvalue weighted by atomic mass is 15.2. The third-order valence-corrected chi connectivity index (χ3v) is 4.18. The molecule has 1 N–H and O–H groups in total. The van der Waals surface area contributed by atoms with Crippen molar-refractivity contribution in [3.8, 4) is 0 Å². The van der Waals surface area contributed by atoms with Gasteiger partial charge in [-0.15, -0.1) is 0 Å². The average molecular weight is 281 g/mol. The van der Waals surface area contributed by atoms with Gasteiger partial charge in [0.2, 0.25) is 0 Å². The largest absolute Gasteiger partial charge is 0.309 e. The second-order valence-corrected chi connectivity index (χ2v) is 5.76. The highest BCUT2D eigenvalue weighted by Crippen LogP contribution is 2.11. The van der Waals surface area contributed by atoms with Gasteiger partial charge in [-0.1, -0.05) is 30.3 Å². The first-order valence-electron chi connectivity index (χ1n) is 7.79. The molecule has 1 aromatic carbocycles. The smallest absolute Gasteiger partial charge is 0.0271 e. The van der Waals surface area contributed by atoms with Gasteiger partial charge in [0, 0.05) is 38.1 Å². The molecule has 1 fully saturated rings. The lowest BCUT2D eigenvalue weighted by Gasteiger charge is -2.16. The molecule has 0 amide bonds. The number of pyridine rings is 1. The zero-order chi connectivity index (χ0) is 14.3. The van der Waals surface area contributed by atoms with Gasteiger partial charge in [0.15, 0.2) is 0 Å². The van der Waals surface area contributed by atoms with Gasteiger partial charge < -0.3 is 10.2 Å². The molecule has 3 rings (SSSR count). The zero-order valence-electron chi connectivity index (χ0n) is 12.4. The molecule has 0 saturated carbocycles. The summed E-state index contributed by atoms with van der Waals surface area (Å²) in [5.74, 6) is 0. The quantitative estimate of drug-likeness (QED) is 0.882. The molecule has 1 unspecified atom stereocenters. The molecule has 110 valence electrons. The molecule has 1 atom stereocenters. The van der Waals surface area contributed by atoms with E-state index in [1.54, 1.807) is 0 Å². The maximum atomic E-state index is 4.05. The first-order chi connectivity index (χ1) is 10.4. The van der Waals surface area contributed by atoms with Crippen LogP contribution in [0.3, 0.4) is 0 Å². The van der Waals surface area contributed by atoms with Crippen LogP contribution < -0.4 is 5.32 Å². The Labute approximate surface area is 127 Å². The summed E-state index contributed by atoms with van der Waals surface area (Å²) in [5.41, 5.74) is 2.75. The van der Waals surface area contributed by atoms with Gasteiger partial charge in [-0.25, -0.2) is 0 Å². The fourth-order valence-electron chi connectivity index (χ4n) is 2.90. The first-order valence-corrected chi connectivity index (χ1v) is 7.79. The number of benzene rings is 1. The predicted octanol–water partition coefficient (Wildman–Crippen LogP) is 2.49. The third kappa shape index (κ3) is 4.38. The van der Waals surface area contributed by atoms with E-state index in [1.165, 1.54) is 24.1 Å². The predicted molar refractivity (Wildman–Crippen MR) is 86.1 cm³/mol. The van der Waals surface area contributed by atoms with Gasteiger partial charge in [-0.2, -0.15) is 0 Å². The van der Waals surface area contributed by atoms with Gasteiger partial charge >= 0.3 is 0 Å². The molecule has 0 aliphatic carbocycles. The highest BCUT2D eigenvalue weighted by molar-refractivity contribution is 5.15. The van der Waals surface area contributed by atoms with E-state index in [-0.39, 0.29) is 0 Å². The second kappa shape index (κ2) is 7.34.